The summed E-state index contributed by atoms with van der Waals surface area (Å²) in [6.07, 6.45) is 0. The van der Waals surface area contributed by atoms with E-state index in [2.05, 4.69) is 67.2 Å². The molecule has 0 amide bonds. The third-order valence-corrected chi connectivity index (χ3v) is 4.31. The Morgan fingerprint density at radius 3 is 2.04 bits per heavy atom. The molecule has 0 saturated heterocycles. The Bertz CT molecular complexity index is 926. The predicted octanol–water partition coefficient (Wildman–Crippen LogP) is 6.53. The standard InChI is InChI=1S/C24H21N/c1-19(22-13-7-4-8-14-22)20(2)24-16-10-9-15-23(24)18-25-17-21-11-5-3-6-12-21/h3-16,18H,1-2H3/b20-19-. The monoisotopic (exact) mass is 323 g/mol. The molecule has 0 saturated carbocycles. The fourth-order valence-electron chi connectivity index (χ4n) is 2.75. The van der Waals surface area contributed by atoms with Gasteiger partial charge in [0.1, 0.15) is 0 Å². The lowest BCUT2D eigenvalue weighted by molar-refractivity contribution is 1.43. The van der Waals surface area contributed by atoms with Crippen LogP contribution < -0.4 is 0 Å². The number of nitrogens with zero attached hydrogens (tertiary/aromatic N) is 1. The van der Waals surface area contributed by atoms with Gasteiger partial charge < -0.3 is 0 Å². The SMILES string of the molecule is C/C(=C(\C)c1ccccc1[CH-][N+]#Cc1ccccc1)c1ccccc1. The first-order chi connectivity index (χ1) is 12.3. The Hall–Kier alpha value is -3.24. The Morgan fingerprint density at radius 1 is 0.720 bits per heavy atom. The van der Waals surface area contributed by atoms with E-state index in [0.717, 1.165) is 11.1 Å². The third kappa shape index (κ3) is 4.19. The quantitative estimate of drug-likeness (QED) is 0.381. The van der Waals surface area contributed by atoms with Crippen LogP contribution in [0, 0.1) is 12.6 Å². The van der Waals surface area contributed by atoms with Gasteiger partial charge in [0.2, 0.25) is 12.6 Å². The van der Waals surface area contributed by atoms with Crippen molar-refractivity contribution in [2.45, 2.75) is 13.8 Å². The van der Waals surface area contributed by atoms with Crippen molar-refractivity contribution in [1.29, 1.82) is 0 Å². The Morgan fingerprint density at radius 2 is 1.32 bits per heavy atom. The molecule has 1 nitrogen and oxygen atoms in total. The van der Waals surface area contributed by atoms with Crippen LogP contribution in [0.4, 0.5) is 0 Å². The highest BCUT2D eigenvalue weighted by Crippen LogP contribution is 2.28. The van der Waals surface area contributed by atoms with E-state index >= 15 is 0 Å². The minimum Gasteiger partial charge on any atom is -0.140 e. The van der Waals surface area contributed by atoms with Crippen LogP contribution in [0.25, 0.3) is 16.0 Å². The van der Waals surface area contributed by atoms with Crippen LogP contribution in [0.5, 0.6) is 0 Å². The fraction of sp³-hybridized carbons (Fsp3) is 0.0833. The van der Waals surface area contributed by atoms with Crippen molar-refractivity contribution in [3.05, 3.63) is 119 Å². The van der Waals surface area contributed by atoms with Gasteiger partial charge in [-0.05, 0) is 25.0 Å². The fourth-order valence-corrected chi connectivity index (χ4v) is 2.75. The zero-order chi connectivity index (χ0) is 17.5. The van der Waals surface area contributed by atoms with Crippen molar-refractivity contribution in [2.24, 2.45) is 0 Å². The van der Waals surface area contributed by atoms with Gasteiger partial charge in [-0.25, -0.2) is 0 Å². The molecule has 3 aromatic rings. The minimum atomic E-state index is 0.976. The second kappa shape index (κ2) is 8.04. The van der Waals surface area contributed by atoms with Crippen molar-refractivity contribution in [3.8, 4) is 6.07 Å². The van der Waals surface area contributed by atoms with Crippen LogP contribution >= 0.6 is 0 Å². The van der Waals surface area contributed by atoms with Crippen LogP contribution in [0.1, 0.15) is 36.1 Å². The Balaban J connectivity index is 1.90. The molecule has 122 valence electrons. The third-order valence-electron chi connectivity index (χ3n) is 4.31. The lowest BCUT2D eigenvalue weighted by Gasteiger charge is -2.14. The molecule has 1 heteroatoms. The summed E-state index contributed by atoms with van der Waals surface area (Å²) in [6.45, 7) is 6.21. The van der Waals surface area contributed by atoms with Gasteiger partial charge in [-0.2, -0.15) is 0 Å². The molecule has 0 atom stereocenters. The number of allylic oxidation sites excluding steroid dienone is 2. The molecule has 25 heavy (non-hydrogen) atoms. The summed E-state index contributed by atoms with van der Waals surface area (Å²) < 4.78 is 0. The normalized spacial score (nSPS) is 11.1. The van der Waals surface area contributed by atoms with Gasteiger partial charge in [0.25, 0.3) is 0 Å². The molecule has 0 unspecified atom stereocenters. The number of hydrogen-bond donors (Lipinski definition) is 0. The molecular formula is C24H21N. The summed E-state index contributed by atoms with van der Waals surface area (Å²) in [7, 11) is 0. The first-order valence-corrected chi connectivity index (χ1v) is 8.42. The van der Waals surface area contributed by atoms with Crippen LogP contribution in [0.15, 0.2) is 84.9 Å². The molecule has 0 bridgehead atoms. The average molecular weight is 323 g/mol. The molecule has 3 aromatic carbocycles. The molecular weight excluding hydrogens is 302 g/mol. The smallest absolute Gasteiger partial charge is 0.140 e. The van der Waals surface area contributed by atoms with Gasteiger partial charge in [0.15, 0.2) is 0 Å². The summed E-state index contributed by atoms with van der Waals surface area (Å²) in [6, 6.07) is 31.9. The van der Waals surface area contributed by atoms with Crippen molar-refractivity contribution in [1.82, 2.24) is 0 Å². The largest absolute Gasteiger partial charge is 0.222 e. The van der Waals surface area contributed by atoms with Gasteiger partial charge >= 0.3 is 0 Å². The molecule has 0 aliphatic heterocycles. The van der Waals surface area contributed by atoms with Gasteiger partial charge in [-0.1, -0.05) is 89.5 Å². The number of hydrogen-bond acceptors (Lipinski definition) is 0. The summed E-state index contributed by atoms with van der Waals surface area (Å²) in [4.78, 5) is 4.39. The highest BCUT2D eigenvalue weighted by molar-refractivity contribution is 5.90. The second-order valence-electron chi connectivity index (χ2n) is 5.94. The van der Waals surface area contributed by atoms with Gasteiger partial charge in [0, 0.05) is 5.56 Å². The van der Waals surface area contributed by atoms with Crippen molar-refractivity contribution in [2.75, 3.05) is 0 Å². The van der Waals surface area contributed by atoms with Crippen LogP contribution in [0.3, 0.4) is 0 Å². The van der Waals surface area contributed by atoms with E-state index in [-0.39, 0.29) is 0 Å². The molecule has 0 aliphatic carbocycles. The van der Waals surface area contributed by atoms with E-state index < -0.39 is 0 Å². The number of benzene rings is 3. The van der Waals surface area contributed by atoms with Gasteiger partial charge in [-0.15, -0.1) is 17.0 Å². The summed E-state index contributed by atoms with van der Waals surface area (Å²) >= 11 is 0. The average Bonchev–Trinajstić information content (AvgIpc) is 2.69. The number of rotatable bonds is 3. The highest BCUT2D eigenvalue weighted by atomic mass is 14.6. The maximum atomic E-state index is 4.39. The highest BCUT2D eigenvalue weighted by Gasteiger charge is 2.05. The topological polar surface area (TPSA) is 4.36 Å². The molecule has 3 rings (SSSR count). The lowest BCUT2D eigenvalue weighted by Crippen LogP contribution is -1.91. The van der Waals surface area contributed by atoms with E-state index in [1.807, 2.05) is 49.0 Å². The molecule has 0 aliphatic rings. The van der Waals surface area contributed by atoms with E-state index in [0.29, 0.717) is 0 Å². The zero-order valence-corrected chi connectivity index (χ0v) is 14.6. The molecule has 0 N–H and O–H groups in total. The lowest BCUT2D eigenvalue weighted by atomic mass is 9.94. The van der Waals surface area contributed by atoms with E-state index in [1.165, 1.54) is 22.3 Å². The molecule has 0 heterocycles. The van der Waals surface area contributed by atoms with E-state index in [4.69, 9.17) is 0 Å². The van der Waals surface area contributed by atoms with Crippen molar-refractivity contribution >= 4 is 11.1 Å². The molecule has 0 fully saturated rings. The molecule has 0 spiro atoms. The second-order valence-corrected chi connectivity index (χ2v) is 5.94. The first kappa shape index (κ1) is 16.6. The van der Waals surface area contributed by atoms with Gasteiger partial charge in [0.05, 0.1) is 0 Å². The zero-order valence-electron chi connectivity index (χ0n) is 14.6. The maximum absolute atomic E-state index is 4.39. The van der Waals surface area contributed by atoms with Crippen molar-refractivity contribution in [3.63, 3.8) is 0 Å². The van der Waals surface area contributed by atoms with Gasteiger partial charge in [-0.3, -0.25) is 0 Å². The maximum Gasteiger partial charge on any atom is 0.222 e. The van der Waals surface area contributed by atoms with Crippen molar-refractivity contribution < 1.29 is 0 Å². The minimum absolute atomic E-state index is 0.976. The Labute approximate surface area is 150 Å². The van der Waals surface area contributed by atoms with E-state index in [1.54, 1.807) is 0 Å². The van der Waals surface area contributed by atoms with E-state index in [9.17, 15) is 0 Å². The van der Waals surface area contributed by atoms with Crippen LogP contribution in [-0.2, 0) is 0 Å². The first-order valence-electron chi connectivity index (χ1n) is 8.42. The summed E-state index contributed by atoms with van der Waals surface area (Å²) in [5.41, 5.74) is 7.05. The summed E-state index contributed by atoms with van der Waals surface area (Å²) in [5.74, 6) is 0. The summed E-state index contributed by atoms with van der Waals surface area (Å²) in [5, 5.41) is 0. The molecule has 0 aromatic heterocycles. The predicted molar refractivity (Wildman–Crippen MR) is 107 cm³/mol. The molecule has 0 radical (unpaired) electrons. The van der Waals surface area contributed by atoms with Crippen LogP contribution in [-0.4, -0.2) is 0 Å². The Kier molecular flexibility index (Phi) is 5.34. The van der Waals surface area contributed by atoms with Crippen LogP contribution in [0.2, 0.25) is 0 Å².